The van der Waals surface area contributed by atoms with Crippen LogP contribution < -0.4 is 5.32 Å². The van der Waals surface area contributed by atoms with Crippen LogP contribution >= 0.6 is 11.3 Å². The van der Waals surface area contributed by atoms with Crippen LogP contribution in [0.4, 0.5) is 0 Å². The molecule has 0 fully saturated rings. The van der Waals surface area contributed by atoms with Crippen LogP contribution in [0.2, 0.25) is 0 Å². The summed E-state index contributed by atoms with van der Waals surface area (Å²) < 4.78 is 12.0. The SMILES string of the molecule is CCC1C(c2ccc3sc4ccccc4c3c2)N=C(c2cc3oc4ccc5ccccc5c4c3cc2-n2c3ccccc3c3cc4ccccc4cc32)NC1c1ccc(-c2ccccc2)cc1. The Balaban J connectivity index is 1.05. The van der Waals surface area contributed by atoms with E-state index >= 15 is 0 Å². The molecule has 0 saturated carbocycles. The lowest BCUT2D eigenvalue weighted by Gasteiger charge is -2.38. The fraction of sp³-hybridized carbons (Fsp3) is 0.0806. The number of fused-ring (bicyclic) bond motifs is 12. The Kier molecular flexibility index (Phi) is 8.59. The molecule has 10 aromatic carbocycles. The Morgan fingerprint density at radius 2 is 1.19 bits per heavy atom. The number of thiophene rings is 1. The normalized spacial score (nSPS) is 16.6. The molecule has 4 heterocycles. The number of furan rings is 1. The standard InChI is InChI=1S/C62H43N3OS/c1-2-44-60(40-26-24-38(25-27-40)37-14-4-3-5-15-37)63-62(64-61(44)43-29-31-58-49(33-43)47-21-11-13-23-57(47)67-58)50-36-56-51(59-45-19-9-8-16-39(45)28-30-55(59)66-56)35-54(50)65-52-22-12-10-20-46(52)48-32-41-17-6-7-18-42(41)34-53(48)65/h3-36,44,60-61H,2H2,1H3,(H,63,64). The topological polar surface area (TPSA) is 42.5 Å². The van der Waals surface area contributed by atoms with E-state index in [9.17, 15) is 0 Å². The third-order valence-corrected chi connectivity index (χ3v) is 15.7. The highest BCUT2D eigenvalue weighted by Crippen LogP contribution is 2.46. The number of aliphatic imine (C=N–C) groups is 1. The highest BCUT2D eigenvalue weighted by Gasteiger charge is 2.37. The van der Waals surface area contributed by atoms with Crippen LogP contribution in [-0.2, 0) is 0 Å². The van der Waals surface area contributed by atoms with Crippen LogP contribution in [0.25, 0.3) is 102 Å². The van der Waals surface area contributed by atoms with Crippen LogP contribution in [0.1, 0.15) is 42.1 Å². The third-order valence-electron chi connectivity index (χ3n) is 14.5. The summed E-state index contributed by atoms with van der Waals surface area (Å²) in [5.74, 6) is 1.02. The van der Waals surface area contributed by atoms with Crippen molar-refractivity contribution in [3.05, 3.63) is 223 Å². The van der Waals surface area contributed by atoms with Crippen molar-refractivity contribution in [3.8, 4) is 16.8 Å². The van der Waals surface area contributed by atoms with Gasteiger partial charge < -0.3 is 14.3 Å². The molecule has 0 aliphatic carbocycles. The first kappa shape index (κ1) is 38.3. The molecule has 1 aliphatic rings. The van der Waals surface area contributed by atoms with Crippen molar-refractivity contribution < 1.29 is 4.42 Å². The maximum atomic E-state index is 6.91. The number of nitrogens with zero attached hydrogens (tertiary/aromatic N) is 2. The second kappa shape index (κ2) is 15.0. The summed E-state index contributed by atoms with van der Waals surface area (Å²) in [6.45, 7) is 2.32. The molecule has 318 valence electrons. The average molecular weight is 878 g/mol. The summed E-state index contributed by atoms with van der Waals surface area (Å²) in [4.78, 5) is 5.93. The number of nitrogens with one attached hydrogen (secondary N) is 1. The molecule has 1 aliphatic heterocycles. The molecule has 1 N–H and O–H groups in total. The molecular weight excluding hydrogens is 835 g/mol. The zero-order chi connectivity index (χ0) is 44.2. The van der Waals surface area contributed by atoms with E-state index in [1.807, 2.05) is 11.3 Å². The van der Waals surface area contributed by atoms with E-state index in [1.54, 1.807) is 0 Å². The molecule has 3 unspecified atom stereocenters. The van der Waals surface area contributed by atoms with Crippen LogP contribution in [0.5, 0.6) is 0 Å². The molecule has 4 nitrogen and oxygen atoms in total. The van der Waals surface area contributed by atoms with Gasteiger partial charge in [0.15, 0.2) is 0 Å². The largest absolute Gasteiger partial charge is 0.456 e. The quantitative estimate of drug-likeness (QED) is 0.181. The molecule has 3 atom stereocenters. The second-order valence-corrected chi connectivity index (χ2v) is 19.2. The molecule has 3 aromatic heterocycles. The minimum atomic E-state index is -0.131. The van der Waals surface area contributed by atoms with Gasteiger partial charge in [0, 0.05) is 53.2 Å². The van der Waals surface area contributed by atoms with Crippen molar-refractivity contribution in [3.63, 3.8) is 0 Å². The van der Waals surface area contributed by atoms with Crippen molar-refractivity contribution in [1.82, 2.24) is 9.88 Å². The van der Waals surface area contributed by atoms with Gasteiger partial charge in [0.25, 0.3) is 0 Å². The van der Waals surface area contributed by atoms with Crippen LogP contribution in [-0.4, -0.2) is 10.4 Å². The summed E-state index contributed by atoms with van der Waals surface area (Å²) >= 11 is 1.86. The molecule has 0 radical (unpaired) electrons. The highest BCUT2D eigenvalue weighted by molar-refractivity contribution is 7.25. The average Bonchev–Trinajstić information content (AvgIpc) is 4.06. The van der Waals surface area contributed by atoms with Gasteiger partial charge in [-0.3, -0.25) is 4.99 Å². The fourth-order valence-electron chi connectivity index (χ4n) is 11.3. The Bertz CT molecular complexity index is 4140. The Morgan fingerprint density at radius 3 is 2.03 bits per heavy atom. The van der Waals surface area contributed by atoms with Gasteiger partial charge in [-0.1, -0.05) is 159 Å². The molecule has 13 aromatic rings. The van der Waals surface area contributed by atoms with Crippen molar-refractivity contribution in [2.75, 3.05) is 0 Å². The van der Waals surface area contributed by atoms with Gasteiger partial charge in [0.05, 0.1) is 28.8 Å². The first-order valence-electron chi connectivity index (χ1n) is 23.4. The van der Waals surface area contributed by atoms with E-state index in [2.05, 4.69) is 223 Å². The summed E-state index contributed by atoms with van der Waals surface area (Å²) in [7, 11) is 0. The smallest absolute Gasteiger partial charge is 0.136 e. The van der Waals surface area contributed by atoms with Gasteiger partial charge in [0.1, 0.15) is 17.0 Å². The van der Waals surface area contributed by atoms with Gasteiger partial charge in [-0.05, 0) is 105 Å². The number of hydrogen-bond acceptors (Lipinski definition) is 4. The number of rotatable bonds is 6. The van der Waals surface area contributed by atoms with Gasteiger partial charge in [-0.15, -0.1) is 11.3 Å². The van der Waals surface area contributed by atoms with Gasteiger partial charge in [-0.25, -0.2) is 0 Å². The zero-order valence-corrected chi connectivity index (χ0v) is 37.6. The molecule has 67 heavy (non-hydrogen) atoms. The van der Waals surface area contributed by atoms with E-state index in [4.69, 9.17) is 9.41 Å². The first-order chi connectivity index (χ1) is 33.1. The first-order valence-corrected chi connectivity index (χ1v) is 24.2. The lowest BCUT2D eigenvalue weighted by Crippen LogP contribution is -2.41. The number of benzene rings is 10. The minimum Gasteiger partial charge on any atom is -0.456 e. The fourth-order valence-corrected chi connectivity index (χ4v) is 12.4. The number of hydrogen-bond donors (Lipinski definition) is 1. The Hall–Kier alpha value is -7.99. The van der Waals surface area contributed by atoms with Crippen LogP contribution in [0, 0.1) is 5.92 Å². The maximum absolute atomic E-state index is 6.91. The van der Waals surface area contributed by atoms with Crippen molar-refractivity contribution in [2.24, 2.45) is 10.9 Å². The summed E-state index contributed by atoms with van der Waals surface area (Å²) in [5.41, 5.74) is 11.0. The molecular formula is C62H43N3OS. The van der Waals surface area contributed by atoms with E-state index in [1.165, 1.54) is 74.7 Å². The zero-order valence-electron chi connectivity index (χ0n) is 36.8. The van der Waals surface area contributed by atoms with Crippen molar-refractivity contribution in [2.45, 2.75) is 25.4 Å². The maximum Gasteiger partial charge on any atom is 0.136 e. The van der Waals surface area contributed by atoms with Gasteiger partial charge in [0.2, 0.25) is 0 Å². The molecule has 5 heteroatoms. The van der Waals surface area contributed by atoms with Gasteiger partial charge >= 0.3 is 0 Å². The molecule has 0 spiro atoms. The van der Waals surface area contributed by atoms with E-state index < -0.39 is 0 Å². The predicted molar refractivity (Wildman–Crippen MR) is 283 cm³/mol. The molecule has 0 bridgehead atoms. The lowest BCUT2D eigenvalue weighted by molar-refractivity contribution is 0.311. The summed E-state index contributed by atoms with van der Waals surface area (Å²) in [6.07, 6.45) is 0.935. The number of aromatic nitrogens is 1. The van der Waals surface area contributed by atoms with E-state index in [-0.39, 0.29) is 18.0 Å². The lowest BCUT2D eigenvalue weighted by atomic mass is 9.80. The van der Waals surface area contributed by atoms with Gasteiger partial charge in [-0.2, -0.15) is 0 Å². The Morgan fingerprint density at radius 1 is 0.507 bits per heavy atom. The molecule has 14 rings (SSSR count). The predicted octanol–water partition coefficient (Wildman–Crippen LogP) is 16.9. The summed E-state index contributed by atoms with van der Waals surface area (Å²) in [5, 5.41) is 16.2. The van der Waals surface area contributed by atoms with E-state index in [0.717, 1.165) is 56.5 Å². The van der Waals surface area contributed by atoms with Crippen molar-refractivity contribution >= 4 is 103 Å². The van der Waals surface area contributed by atoms with Crippen LogP contribution in [0.15, 0.2) is 216 Å². The van der Waals surface area contributed by atoms with Crippen LogP contribution in [0.3, 0.4) is 0 Å². The number of para-hydroxylation sites is 1. The Labute approximate surface area is 391 Å². The second-order valence-electron chi connectivity index (χ2n) is 18.2. The highest BCUT2D eigenvalue weighted by atomic mass is 32.1. The molecule has 0 saturated heterocycles. The number of amidine groups is 1. The third kappa shape index (κ3) is 6.01. The van der Waals surface area contributed by atoms with Crippen molar-refractivity contribution in [1.29, 1.82) is 0 Å². The summed E-state index contributed by atoms with van der Waals surface area (Å²) in [6, 6.07) is 75.4. The molecule has 0 amide bonds. The monoisotopic (exact) mass is 877 g/mol. The van der Waals surface area contributed by atoms with E-state index in [0.29, 0.717) is 0 Å². The minimum absolute atomic E-state index is 0.0347.